The number of hydrogen-bond acceptors (Lipinski definition) is 3. The van der Waals surface area contributed by atoms with Gasteiger partial charge in [0.15, 0.2) is 0 Å². The Labute approximate surface area is 192 Å². The summed E-state index contributed by atoms with van der Waals surface area (Å²) in [6, 6.07) is 14.0. The van der Waals surface area contributed by atoms with Gasteiger partial charge in [-0.25, -0.2) is 0 Å². The molecule has 2 amide bonds. The molecule has 1 aromatic heterocycles. The zero-order valence-corrected chi connectivity index (χ0v) is 19.4. The number of fused-ring (bicyclic) bond motifs is 1. The molecule has 0 unspecified atom stereocenters. The Kier molecular flexibility index (Phi) is 7.36. The van der Waals surface area contributed by atoms with Gasteiger partial charge in [0.05, 0.1) is 5.92 Å². The van der Waals surface area contributed by atoms with E-state index < -0.39 is 6.04 Å². The van der Waals surface area contributed by atoms with E-state index in [0.717, 1.165) is 11.1 Å². The number of aromatic nitrogens is 1. The number of likely N-dealkylation sites (N-methyl/N-ethyl adjacent to an activating group) is 1. The minimum Gasteiger partial charge on any atom is -0.357 e. The Bertz CT molecular complexity index is 1190. The molecule has 0 fully saturated rings. The first kappa shape index (κ1) is 23.5. The second-order valence-corrected chi connectivity index (χ2v) is 8.45. The van der Waals surface area contributed by atoms with Gasteiger partial charge in [-0.3, -0.25) is 14.4 Å². The van der Waals surface area contributed by atoms with Gasteiger partial charge in [-0.2, -0.15) is 0 Å². The van der Waals surface area contributed by atoms with Crippen molar-refractivity contribution in [3.05, 3.63) is 76.2 Å². The van der Waals surface area contributed by atoms with Crippen LogP contribution in [0.2, 0.25) is 0 Å². The maximum Gasteiger partial charge on any atom is 0.259 e. The molecule has 0 saturated carbocycles. The Morgan fingerprint density at radius 3 is 2.25 bits per heavy atom. The molecule has 0 radical (unpaired) electrons. The van der Waals surface area contributed by atoms with E-state index in [1.54, 1.807) is 37.5 Å². The molecule has 0 saturated heterocycles. The van der Waals surface area contributed by atoms with Crippen LogP contribution >= 0.6 is 11.6 Å². The topological polar surface area (TPSA) is 80.2 Å². The lowest BCUT2D eigenvalue weighted by Gasteiger charge is -2.22. The van der Waals surface area contributed by atoms with Gasteiger partial charge in [-0.15, -0.1) is 11.6 Å². The van der Waals surface area contributed by atoms with Gasteiger partial charge in [-0.1, -0.05) is 44.2 Å². The van der Waals surface area contributed by atoms with Crippen LogP contribution in [-0.2, 0) is 15.5 Å². The number of carbonyl (C=O) groups excluding carboxylic acids is 2. The summed E-state index contributed by atoms with van der Waals surface area (Å²) in [5, 5.41) is 6.66. The van der Waals surface area contributed by atoms with Crippen LogP contribution in [0.3, 0.4) is 0 Å². The fourth-order valence-corrected chi connectivity index (χ4v) is 3.99. The summed E-state index contributed by atoms with van der Waals surface area (Å²) < 4.78 is 1.46. The van der Waals surface area contributed by atoms with E-state index in [4.69, 9.17) is 11.6 Å². The second kappa shape index (κ2) is 10.0. The summed E-state index contributed by atoms with van der Waals surface area (Å²) in [5.74, 6) is -0.426. The van der Waals surface area contributed by atoms with Crippen molar-refractivity contribution in [2.75, 3.05) is 12.4 Å². The Morgan fingerprint density at radius 2 is 1.66 bits per heavy atom. The number of nitrogens with zero attached hydrogens (tertiary/aromatic N) is 1. The molecule has 3 aromatic rings. The third kappa shape index (κ3) is 4.70. The van der Waals surface area contributed by atoms with E-state index in [1.807, 2.05) is 45.0 Å². The fourth-order valence-electron chi connectivity index (χ4n) is 3.81. The Morgan fingerprint density at radius 1 is 0.969 bits per heavy atom. The number of alkyl halides is 1. The normalized spacial score (nSPS) is 13.1. The minimum atomic E-state index is -0.619. The second-order valence-electron chi connectivity index (χ2n) is 8.18. The van der Waals surface area contributed by atoms with Crippen LogP contribution in [-0.4, -0.2) is 23.4 Å². The summed E-state index contributed by atoms with van der Waals surface area (Å²) in [5.41, 5.74) is 2.15. The van der Waals surface area contributed by atoms with Crippen LogP contribution in [0, 0.1) is 5.92 Å². The summed E-state index contributed by atoms with van der Waals surface area (Å²) in [4.78, 5) is 38.5. The number of nitrogens with one attached hydrogen (secondary N) is 2. The van der Waals surface area contributed by atoms with Crippen molar-refractivity contribution >= 4 is 39.9 Å². The van der Waals surface area contributed by atoms with Crippen LogP contribution in [0.5, 0.6) is 0 Å². The lowest BCUT2D eigenvalue weighted by Crippen LogP contribution is -2.38. The number of halogens is 1. The summed E-state index contributed by atoms with van der Waals surface area (Å²) in [6.45, 7) is 5.63. The molecule has 2 atom stereocenters. The average molecular weight is 454 g/mol. The number of amides is 2. The molecule has 0 aliphatic heterocycles. The SMILES string of the molecule is CNC(=O)[C@@H](C(C)C)n1ccc2c(NC(=O)[C@@H](C)c3ccc(CCl)cc3)cccc2c1=O. The van der Waals surface area contributed by atoms with E-state index in [0.29, 0.717) is 22.3 Å². The van der Waals surface area contributed by atoms with Crippen molar-refractivity contribution in [3.8, 4) is 0 Å². The molecule has 6 nitrogen and oxygen atoms in total. The number of hydrogen-bond donors (Lipinski definition) is 2. The smallest absolute Gasteiger partial charge is 0.259 e. The number of rotatable bonds is 7. The minimum absolute atomic E-state index is 0.0703. The standard InChI is InChI=1S/C25H28ClN3O3/c1-15(2)22(24(31)27-4)29-13-12-19-20(25(29)32)6-5-7-21(19)28-23(30)16(3)18-10-8-17(14-26)9-11-18/h5-13,15-16,22H,14H2,1-4H3,(H,27,31)(H,28,30)/t16-,22+/m0/s1. The van der Waals surface area contributed by atoms with Crippen LogP contribution in [0.4, 0.5) is 5.69 Å². The van der Waals surface area contributed by atoms with E-state index >= 15 is 0 Å². The maximum atomic E-state index is 13.2. The third-order valence-electron chi connectivity index (χ3n) is 5.70. The predicted octanol–water partition coefficient (Wildman–Crippen LogP) is 4.43. The van der Waals surface area contributed by atoms with Gasteiger partial charge >= 0.3 is 0 Å². The predicted molar refractivity (Wildman–Crippen MR) is 129 cm³/mol. The zero-order valence-electron chi connectivity index (χ0n) is 18.7. The van der Waals surface area contributed by atoms with Gasteiger partial charge in [0, 0.05) is 35.6 Å². The van der Waals surface area contributed by atoms with Crippen LogP contribution in [0.15, 0.2) is 59.5 Å². The largest absolute Gasteiger partial charge is 0.357 e. The number of pyridine rings is 1. The quantitative estimate of drug-likeness (QED) is 0.519. The van der Waals surface area contributed by atoms with Gasteiger partial charge in [0.1, 0.15) is 6.04 Å². The van der Waals surface area contributed by atoms with Crippen LogP contribution in [0.25, 0.3) is 10.8 Å². The Hall–Kier alpha value is -3.12. The van der Waals surface area contributed by atoms with E-state index in [2.05, 4.69) is 10.6 Å². The first-order valence-corrected chi connectivity index (χ1v) is 11.1. The maximum absolute atomic E-state index is 13.2. The van der Waals surface area contributed by atoms with Crippen molar-refractivity contribution in [3.63, 3.8) is 0 Å². The summed E-state index contributed by atoms with van der Waals surface area (Å²) in [6.07, 6.45) is 1.62. The molecule has 2 N–H and O–H groups in total. The summed E-state index contributed by atoms with van der Waals surface area (Å²) >= 11 is 5.84. The van der Waals surface area contributed by atoms with Crippen LogP contribution < -0.4 is 16.2 Å². The van der Waals surface area contributed by atoms with Crippen LogP contribution in [0.1, 0.15) is 43.9 Å². The van der Waals surface area contributed by atoms with Crippen molar-refractivity contribution in [2.24, 2.45) is 5.92 Å². The van der Waals surface area contributed by atoms with Crippen molar-refractivity contribution < 1.29 is 9.59 Å². The van der Waals surface area contributed by atoms with E-state index in [1.165, 1.54) is 4.57 Å². The molecule has 7 heteroatoms. The number of carbonyl (C=O) groups is 2. The molecular formula is C25H28ClN3O3. The first-order chi connectivity index (χ1) is 15.3. The molecule has 3 rings (SSSR count). The monoisotopic (exact) mass is 453 g/mol. The van der Waals surface area contributed by atoms with Crippen molar-refractivity contribution in [1.82, 2.24) is 9.88 Å². The van der Waals surface area contributed by atoms with E-state index in [-0.39, 0.29) is 29.2 Å². The average Bonchev–Trinajstić information content (AvgIpc) is 2.80. The zero-order chi connectivity index (χ0) is 23.4. The van der Waals surface area contributed by atoms with Crippen molar-refractivity contribution in [2.45, 2.75) is 38.6 Å². The number of benzene rings is 2. The fraction of sp³-hybridized carbons (Fsp3) is 0.320. The molecule has 168 valence electrons. The Balaban J connectivity index is 1.94. The lowest BCUT2D eigenvalue weighted by molar-refractivity contribution is -0.125. The third-order valence-corrected chi connectivity index (χ3v) is 6.01. The van der Waals surface area contributed by atoms with Gasteiger partial charge in [0.25, 0.3) is 5.56 Å². The molecular weight excluding hydrogens is 426 g/mol. The molecule has 2 aromatic carbocycles. The van der Waals surface area contributed by atoms with Gasteiger partial charge < -0.3 is 15.2 Å². The van der Waals surface area contributed by atoms with Gasteiger partial charge in [-0.05, 0) is 42.2 Å². The highest BCUT2D eigenvalue weighted by Crippen LogP contribution is 2.25. The highest BCUT2D eigenvalue weighted by Gasteiger charge is 2.25. The highest BCUT2D eigenvalue weighted by molar-refractivity contribution is 6.17. The highest BCUT2D eigenvalue weighted by atomic mass is 35.5. The van der Waals surface area contributed by atoms with Crippen molar-refractivity contribution in [1.29, 1.82) is 0 Å². The molecule has 32 heavy (non-hydrogen) atoms. The van der Waals surface area contributed by atoms with E-state index in [9.17, 15) is 14.4 Å². The number of anilines is 1. The molecule has 0 spiro atoms. The first-order valence-electron chi connectivity index (χ1n) is 10.6. The molecule has 0 aliphatic rings. The van der Waals surface area contributed by atoms with Gasteiger partial charge in [0.2, 0.25) is 11.8 Å². The lowest BCUT2D eigenvalue weighted by atomic mass is 9.99. The molecule has 0 bridgehead atoms. The summed E-state index contributed by atoms with van der Waals surface area (Å²) in [7, 11) is 1.56. The molecule has 0 aliphatic carbocycles. The molecule has 1 heterocycles.